The van der Waals surface area contributed by atoms with E-state index in [0.717, 1.165) is 36.8 Å². The second-order valence-corrected chi connectivity index (χ2v) is 4.91. The van der Waals surface area contributed by atoms with Crippen LogP contribution in [-0.4, -0.2) is 5.97 Å². The highest BCUT2D eigenvalue weighted by molar-refractivity contribution is 5.95. The van der Waals surface area contributed by atoms with Crippen molar-refractivity contribution in [1.29, 1.82) is 5.26 Å². The Labute approximate surface area is 116 Å². The molecule has 3 nitrogen and oxygen atoms in total. The molecule has 0 N–H and O–H groups in total. The molecule has 0 saturated carbocycles. The summed E-state index contributed by atoms with van der Waals surface area (Å²) in [5.41, 5.74) is 2.38. The Hall–Kier alpha value is -2.41. The van der Waals surface area contributed by atoms with E-state index in [0.29, 0.717) is 11.3 Å². The van der Waals surface area contributed by atoms with E-state index in [1.807, 2.05) is 0 Å². The van der Waals surface area contributed by atoms with Gasteiger partial charge in [0.15, 0.2) is 0 Å². The number of ether oxygens (including phenoxy) is 1. The molecule has 0 radical (unpaired) electrons. The molecular weight excluding hydrogens is 257 g/mol. The molecule has 0 atom stereocenters. The van der Waals surface area contributed by atoms with Gasteiger partial charge in [0, 0.05) is 11.1 Å². The average Bonchev–Trinajstić information content (AvgIpc) is 2.78. The number of cyclic esters (lactones) is 1. The maximum absolute atomic E-state index is 13.3. The maximum Gasteiger partial charge on any atom is 0.339 e. The van der Waals surface area contributed by atoms with E-state index in [1.54, 1.807) is 18.2 Å². The van der Waals surface area contributed by atoms with Crippen LogP contribution < -0.4 is 0 Å². The Bertz CT molecular complexity index is 695. The molecule has 0 spiro atoms. The number of nitriles is 1. The van der Waals surface area contributed by atoms with Crippen molar-refractivity contribution in [2.45, 2.75) is 25.7 Å². The molecule has 2 aliphatic rings. The van der Waals surface area contributed by atoms with Crippen molar-refractivity contribution < 1.29 is 13.9 Å². The topological polar surface area (TPSA) is 50.1 Å². The van der Waals surface area contributed by atoms with Crippen molar-refractivity contribution in [3.05, 3.63) is 52.0 Å². The van der Waals surface area contributed by atoms with Gasteiger partial charge in [0.25, 0.3) is 0 Å². The van der Waals surface area contributed by atoms with Crippen LogP contribution in [0.3, 0.4) is 0 Å². The van der Waals surface area contributed by atoms with Gasteiger partial charge in [0.1, 0.15) is 17.6 Å². The highest BCUT2D eigenvalue weighted by atomic mass is 19.1. The Balaban J connectivity index is 1.99. The first-order chi connectivity index (χ1) is 9.69. The fourth-order valence-corrected chi connectivity index (χ4v) is 2.61. The van der Waals surface area contributed by atoms with Gasteiger partial charge in [-0.25, -0.2) is 9.18 Å². The second kappa shape index (κ2) is 4.93. The maximum atomic E-state index is 13.3. The molecule has 0 saturated heterocycles. The van der Waals surface area contributed by atoms with E-state index in [9.17, 15) is 9.18 Å². The van der Waals surface area contributed by atoms with Gasteiger partial charge in [0.05, 0.1) is 5.56 Å². The van der Waals surface area contributed by atoms with Crippen LogP contribution in [0.2, 0.25) is 0 Å². The predicted molar refractivity (Wildman–Crippen MR) is 70.7 cm³/mol. The predicted octanol–water partition coefficient (Wildman–Crippen LogP) is 3.47. The third-order valence-corrected chi connectivity index (χ3v) is 3.62. The molecular formula is C16H12FNO2. The number of carbonyl (C=O) groups excluding carboxylic acids is 1. The molecule has 1 aliphatic carbocycles. The number of benzene rings is 1. The minimum atomic E-state index is -0.546. The van der Waals surface area contributed by atoms with Crippen LogP contribution in [-0.2, 0) is 9.53 Å². The molecule has 1 heterocycles. The van der Waals surface area contributed by atoms with Crippen LogP contribution in [0.5, 0.6) is 0 Å². The van der Waals surface area contributed by atoms with Crippen LogP contribution in [0.25, 0.3) is 6.08 Å². The van der Waals surface area contributed by atoms with Crippen molar-refractivity contribution >= 4 is 12.0 Å². The van der Waals surface area contributed by atoms with Crippen molar-refractivity contribution in [3.63, 3.8) is 0 Å². The van der Waals surface area contributed by atoms with Crippen LogP contribution in [0.1, 0.15) is 36.8 Å². The third-order valence-electron chi connectivity index (χ3n) is 3.62. The number of carbonyl (C=O) groups is 1. The minimum absolute atomic E-state index is 0.0125. The molecule has 4 heteroatoms. The Kier molecular flexibility index (Phi) is 3.11. The van der Waals surface area contributed by atoms with E-state index in [1.165, 1.54) is 12.1 Å². The van der Waals surface area contributed by atoms with Gasteiger partial charge >= 0.3 is 5.97 Å². The van der Waals surface area contributed by atoms with Crippen molar-refractivity contribution in [3.8, 4) is 6.07 Å². The molecule has 0 bridgehead atoms. The van der Waals surface area contributed by atoms with Crippen LogP contribution in [0, 0.1) is 17.1 Å². The van der Waals surface area contributed by atoms with Gasteiger partial charge in [-0.3, -0.25) is 0 Å². The number of hydrogen-bond donors (Lipinski definition) is 0. The molecule has 1 aliphatic heterocycles. The zero-order chi connectivity index (χ0) is 14.1. The van der Waals surface area contributed by atoms with E-state index in [-0.39, 0.29) is 11.5 Å². The molecule has 20 heavy (non-hydrogen) atoms. The van der Waals surface area contributed by atoms with Gasteiger partial charge in [-0.15, -0.1) is 0 Å². The smallest absolute Gasteiger partial charge is 0.339 e. The lowest BCUT2D eigenvalue weighted by Crippen LogP contribution is -2.01. The largest absolute Gasteiger partial charge is 0.423 e. The molecule has 3 rings (SSSR count). The van der Waals surface area contributed by atoms with Crippen molar-refractivity contribution in [2.24, 2.45) is 0 Å². The molecule has 100 valence electrons. The average molecular weight is 269 g/mol. The summed E-state index contributed by atoms with van der Waals surface area (Å²) in [7, 11) is 0. The van der Waals surface area contributed by atoms with E-state index in [4.69, 9.17) is 10.00 Å². The van der Waals surface area contributed by atoms with Gasteiger partial charge in [-0.05, 0) is 49.5 Å². The highest BCUT2D eigenvalue weighted by Gasteiger charge is 2.31. The number of rotatable bonds is 1. The van der Waals surface area contributed by atoms with E-state index >= 15 is 0 Å². The zero-order valence-electron chi connectivity index (χ0n) is 10.8. The number of nitrogens with zero attached hydrogens (tertiary/aromatic N) is 1. The molecule has 0 fully saturated rings. The highest BCUT2D eigenvalue weighted by Crippen LogP contribution is 2.37. The first kappa shape index (κ1) is 12.6. The summed E-state index contributed by atoms with van der Waals surface area (Å²) in [5.74, 6) is -0.274. The van der Waals surface area contributed by atoms with Crippen molar-refractivity contribution in [1.82, 2.24) is 0 Å². The lowest BCUT2D eigenvalue weighted by Gasteiger charge is -2.10. The number of esters is 1. The third kappa shape index (κ3) is 2.12. The van der Waals surface area contributed by atoms with Gasteiger partial charge in [-0.2, -0.15) is 5.26 Å². The zero-order valence-corrected chi connectivity index (χ0v) is 10.8. The number of halogens is 1. The molecule has 1 aromatic carbocycles. The lowest BCUT2D eigenvalue weighted by atomic mass is 9.92. The first-order valence-electron chi connectivity index (χ1n) is 6.55. The van der Waals surface area contributed by atoms with E-state index in [2.05, 4.69) is 0 Å². The van der Waals surface area contributed by atoms with E-state index < -0.39 is 5.82 Å². The normalized spacial score (nSPS) is 19.8. The second-order valence-electron chi connectivity index (χ2n) is 4.91. The first-order valence-corrected chi connectivity index (χ1v) is 6.55. The summed E-state index contributed by atoms with van der Waals surface area (Å²) >= 11 is 0. The molecule has 0 aromatic heterocycles. The lowest BCUT2D eigenvalue weighted by molar-refractivity contribution is -0.133. The quantitative estimate of drug-likeness (QED) is 0.733. The summed E-state index contributed by atoms with van der Waals surface area (Å²) in [4.78, 5) is 11.8. The Morgan fingerprint density at radius 1 is 1.25 bits per heavy atom. The summed E-state index contributed by atoms with van der Waals surface area (Å²) < 4.78 is 18.6. The summed E-state index contributed by atoms with van der Waals surface area (Å²) in [6.45, 7) is 0. The molecule has 1 aromatic rings. The fraction of sp³-hybridized carbons (Fsp3) is 0.250. The Morgan fingerprint density at radius 3 is 2.75 bits per heavy atom. The SMILES string of the molecule is N#Cc1cc(/C=C2\OC(=O)C3=C2CCCC3)ccc1F. The number of allylic oxidation sites excluding steroid dienone is 1. The molecule has 0 unspecified atom stereocenters. The number of hydrogen-bond acceptors (Lipinski definition) is 3. The summed E-state index contributed by atoms with van der Waals surface area (Å²) in [6.07, 6.45) is 5.35. The fourth-order valence-electron chi connectivity index (χ4n) is 2.61. The van der Waals surface area contributed by atoms with Gasteiger partial charge in [-0.1, -0.05) is 6.07 Å². The standard InChI is InChI=1S/C16H12FNO2/c17-14-6-5-10(7-11(14)9-18)8-15-12-3-1-2-4-13(12)16(19)20-15/h5-8H,1-4H2/b15-8-. The summed E-state index contributed by atoms with van der Waals surface area (Å²) in [6, 6.07) is 6.07. The molecule has 0 amide bonds. The minimum Gasteiger partial charge on any atom is -0.423 e. The van der Waals surface area contributed by atoms with Crippen molar-refractivity contribution in [2.75, 3.05) is 0 Å². The summed E-state index contributed by atoms with van der Waals surface area (Å²) in [5, 5.41) is 8.83. The van der Waals surface area contributed by atoms with Gasteiger partial charge in [0.2, 0.25) is 0 Å². The Morgan fingerprint density at radius 2 is 2.00 bits per heavy atom. The van der Waals surface area contributed by atoms with Crippen LogP contribution in [0.4, 0.5) is 4.39 Å². The van der Waals surface area contributed by atoms with Crippen LogP contribution in [0.15, 0.2) is 35.1 Å². The monoisotopic (exact) mass is 269 g/mol. The van der Waals surface area contributed by atoms with Gasteiger partial charge < -0.3 is 4.74 Å². The van der Waals surface area contributed by atoms with Crippen LogP contribution >= 0.6 is 0 Å².